The van der Waals surface area contributed by atoms with Gasteiger partial charge in [0.1, 0.15) is 0 Å². The largest absolute Gasteiger partial charge is 0.326 e. The minimum Gasteiger partial charge on any atom is -0.326 e. The maximum Gasteiger partial charge on any atom is 0.240 e. The quantitative estimate of drug-likeness (QED) is 0.857. The fourth-order valence-electron chi connectivity index (χ4n) is 2.02. The Bertz CT molecular complexity index is 606. The third kappa shape index (κ3) is 2.26. The lowest BCUT2D eigenvalue weighted by atomic mass is 10.0. The molecular formula is C12H14N2O3S. The molecule has 0 bridgehead atoms. The second-order valence-corrected chi connectivity index (χ2v) is 6.48. The molecule has 2 N–H and O–H groups in total. The molecule has 5 nitrogen and oxygen atoms in total. The van der Waals surface area contributed by atoms with Gasteiger partial charge in [-0.1, -0.05) is 0 Å². The van der Waals surface area contributed by atoms with E-state index in [4.69, 9.17) is 0 Å². The van der Waals surface area contributed by atoms with Gasteiger partial charge in [-0.2, -0.15) is 0 Å². The van der Waals surface area contributed by atoms with Gasteiger partial charge in [-0.3, -0.25) is 4.79 Å². The number of carbonyl (C=O) groups excluding carboxylic acids is 1. The molecule has 3 rings (SSSR count). The van der Waals surface area contributed by atoms with Crippen LogP contribution in [0.3, 0.4) is 0 Å². The van der Waals surface area contributed by atoms with Crippen LogP contribution in [0.15, 0.2) is 23.1 Å². The van der Waals surface area contributed by atoms with E-state index in [1.54, 1.807) is 12.1 Å². The van der Waals surface area contributed by atoms with Crippen molar-refractivity contribution >= 4 is 21.6 Å². The van der Waals surface area contributed by atoms with Crippen molar-refractivity contribution in [1.29, 1.82) is 0 Å². The summed E-state index contributed by atoms with van der Waals surface area (Å²) >= 11 is 0. The number of rotatable bonds is 3. The van der Waals surface area contributed by atoms with Crippen LogP contribution in [0.5, 0.6) is 0 Å². The highest BCUT2D eigenvalue weighted by Gasteiger charge is 2.28. The maximum absolute atomic E-state index is 12.0. The second-order valence-electron chi connectivity index (χ2n) is 4.76. The van der Waals surface area contributed by atoms with Crippen LogP contribution in [-0.2, 0) is 21.2 Å². The third-order valence-corrected chi connectivity index (χ3v) is 4.70. The molecule has 0 aromatic heterocycles. The highest BCUT2D eigenvalue weighted by Crippen LogP contribution is 2.27. The molecule has 1 amide bonds. The van der Waals surface area contributed by atoms with E-state index in [1.807, 2.05) is 0 Å². The molecule has 1 aromatic carbocycles. The van der Waals surface area contributed by atoms with E-state index < -0.39 is 10.0 Å². The summed E-state index contributed by atoms with van der Waals surface area (Å²) in [6.45, 7) is 0. The van der Waals surface area contributed by atoms with E-state index in [9.17, 15) is 13.2 Å². The molecule has 1 aromatic rings. The normalized spacial score (nSPS) is 19.2. The molecule has 96 valence electrons. The van der Waals surface area contributed by atoms with Gasteiger partial charge in [-0.15, -0.1) is 0 Å². The molecule has 1 aliphatic heterocycles. The van der Waals surface area contributed by atoms with Gasteiger partial charge in [0, 0.05) is 18.2 Å². The number of carbonyl (C=O) groups is 1. The first-order chi connectivity index (χ1) is 8.54. The van der Waals surface area contributed by atoms with Crippen molar-refractivity contribution in [2.24, 2.45) is 0 Å². The number of sulfonamides is 1. The summed E-state index contributed by atoms with van der Waals surface area (Å²) in [7, 11) is -3.41. The molecule has 18 heavy (non-hydrogen) atoms. The Morgan fingerprint density at radius 2 is 2.00 bits per heavy atom. The van der Waals surface area contributed by atoms with Crippen LogP contribution in [0.25, 0.3) is 0 Å². The predicted molar refractivity (Wildman–Crippen MR) is 66.7 cm³/mol. The highest BCUT2D eigenvalue weighted by atomic mass is 32.2. The number of fused-ring (bicyclic) bond motifs is 1. The van der Waals surface area contributed by atoms with Crippen LogP contribution in [0.4, 0.5) is 5.69 Å². The number of hydrogen-bond acceptors (Lipinski definition) is 3. The Hall–Kier alpha value is -1.40. The van der Waals surface area contributed by atoms with Crippen LogP contribution in [0.1, 0.15) is 24.8 Å². The molecule has 0 atom stereocenters. The van der Waals surface area contributed by atoms with Crippen molar-refractivity contribution < 1.29 is 13.2 Å². The van der Waals surface area contributed by atoms with Crippen molar-refractivity contribution in [3.63, 3.8) is 0 Å². The van der Waals surface area contributed by atoms with Crippen molar-refractivity contribution in [2.45, 2.75) is 36.6 Å². The van der Waals surface area contributed by atoms with Crippen molar-refractivity contribution in [1.82, 2.24) is 4.72 Å². The highest BCUT2D eigenvalue weighted by molar-refractivity contribution is 7.89. The predicted octanol–water partition coefficient (Wildman–Crippen LogP) is 1.01. The molecule has 1 saturated carbocycles. The average Bonchev–Trinajstić information content (AvgIpc) is 3.11. The Kier molecular flexibility index (Phi) is 2.64. The summed E-state index contributed by atoms with van der Waals surface area (Å²) in [5.74, 6) is -0.0192. The van der Waals surface area contributed by atoms with Gasteiger partial charge in [0.25, 0.3) is 0 Å². The molecule has 0 unspecified atom stereocenters. The van der Waals surface area contributed by atoms with Crippen molar-refractivity contribution in [2.75, 3.05) is 5.32 Å². The van der Waals surface area contributed by atoms with Gasteiger partial charge >= 0.3 is 0 Å². The van der Waals surface area contributed by atoms with Crippen molar-refractivity contribution in [3.8, 4) is 0 Å². The SMILES string of the molecule is O=C1CCc2cc(S(=O)(=O)NC3CC3)ccc2N1. The number of amides is 1. The molecule has 1 fully saturated rings. The smallest absolute Gasteiger partial charge is 0.240 e. The number of aryl methyl sites for hydroxylation is 1. The summed E-state index contributed by atoms with van der Waals surface area (Å²) in [6, 6.07) is 4.95. The van der Waals surface area contributed by atoms with E-state index in [-0.39, 0.29) is 16.8 Å². The summed E-state index contributed by atoms with van der Waals surface area (Å²) < 4.78 is 26.7. The first-order valence-electron chi connectivity index (χ1n) is 6.00. The summed E-state index contributed by atoms with van der Waals surface area (Å²) in [5, 5.41) is 2.74. The molecule has 6 heteroatoms. The number of nitrogens with one attached hydrogen (secondary N) is 2. The molecule has 0 spiro atoms. The van der Waals surface area contributed by atoms with Crippen LogP contribution in [0, 0.1) is 0 Å². The number of hydrogen-bond donors (Lipinski definition) is 2. The Labute approximate surface area is 106 Å². The zero-order valence-corrected chi connectivity index (χ0v) is 10.6. The van der Waals surface area contributed by atoms with E-state index in [1.165, 1.54) is 6.07 Å². The van der Waals surface area contributed by atoms with Crippen LogP contribution in [-0.4, -0.2) is 20.4 Å². The average molecular weight is 266 g/mol. The lowest BCUT2D eigenvalue weighted by molar-refractivity contribution is -0.116. The van der Waals surface area contributed by atoms with Gasteiger partial charge in [0.15, 0.2) is 0 Å². The first kappa shape index (κ1) is 11.7. The zero-order valence-electron chi connectivity index (χ0n) is 9.77. The molecule has 0 radical (unpaired) electrons. The lowest BCUT2D eigenvalue weighted by Gasteiger charge is -2.17. The van der Waals surface area contributed by atoms with E-state index in [2.05, 4.69) is 10.0 Å². The van der Waals surface area contributed by atoms with Gasteiger partial charge in [-0.25, -0.2) is 13.1 Å². The molecule has 1 aliphatic carbocycles. The van der Waals surface area contributed by atoms with Crippen LogP contribution >= 0.6 is 0 Å². The number of benzene rings is 1. The molecule has 2 aliphatic rings. The molecular weight excluding hydrogens is 252 g/mol. The second kappa shape index (κ2) is 4.07. The summed E-state index contributed by atoms with van der Waals surface area (Å²) in [4.78, 5) is 11.5. The Morgan fingerprint density at radius 1 is 1.22 bits per heavy atom. The zero-order chi connectivity index (χ0) is 12.8. The fraction of sp³-hybridized carbons (Fsp3) is 0.417. The van der Waals surface area contributed by atoms with Crippen molar-refractivity contribution in [3.05, 3.63) is 23.8 Å². The van der Waals surface area contributed by atoms with Crippen LogP contribution in [0.2, 0.25) is 0 Å². The molecule has 1 heterocycles. The standard InChI is InChI=1S/C12H14N2O3S/c15-12-6-1-8-7-10(4-5-11(8)13-12)18(16,17)14-9-2-3-9/h4-5,7,9,14H,1-3,6H2,(H,13,15). The van der Waals surface area contributed by atoms with E-state index >= 15 is 0 Å². The van der Waals surface area contributed by atoms with Crippen LogP contribution < -0.4 is 10.0 Å². The maximum atomic E-state index is 12.0. The Morgan fingerprint density at radius 3 is 2.72 bits per heavy atom. The first-order valence-corrected chi connectivity index (χ1v) is 7.48. The minimum absolute atomic E-state index is 0.0192. The summed E-state index contributed by atoms with van der Waals surface area (Å²) in [5.41, 5.74) is 1.60. The third-order valence-electron chi connectivity index (χ3n) is 3.18. The van der Waals surface area contributed by atoms with Gasteiger partial charge in [0.2, 0.25) is 15.9 Å². The lowest BCUT2D eigenvalue weighted by Crippen LogP contribution is -2.26. The minimum atomic E-state index is -3.41. The van der Waals surface area contributed by atoms with Gasteiger partial charge < -0.3 is 5.32 Å². The number of anilines is 1. The topological polar surface area (TPSA) is 75.3 Å². The van der Waals surface area contributed by atoms with E-state index in [0.29, 0.717) is 12.8 Å². The fourth-order valence-corrected chi connectivity index (χ4v) is 3.37. The Balaban J connectivity index is 1.92. The molecule has 0 saturated heterocycles. The monoisotopic (exact) mass is 266 g/mol. The summed E-state index contributed by atoms with van der Waals surface area (Å²) in [6.07, 6.45) is 2.83. The van der Waals surface area contributed by atoms with Gasteiger partial charge in [0.05, 0.1) is 4.90 Å². The van der Waals surface area contributed by atoms with E-state index in [0.717, 1.165) is 24.1 Å². The van der Waals surface area contributed by atoms with Gasteiger partial charge in [-0.05, 0) is 43.0 Å².